The first kappa shape index (κ1) is 18.6. The predicted molar refractivity (Wildman–Crippen MR) is 90.0 cm³/mol. The lowest BCUT2D eigenvalue weighted by Crippen LogP contribution is -2.43. The fraction of sp³-hybridized carbons (Fsp3) is 0.444. The summed E-state index contributed by atoms with van der Waals surface area (Å²) in [5.74, 6) is 1.70. The third-order valence-electron chi connectivity index (χ3n) is 3.40. The largest absolute Gasteiger partial charge is 0.481 e. The van der Waals surface area contributed by atoms with Crippen molar-refractivity contribution < 1.29 is 14.7 Å². The Hall–Kier alpha value is -2.48. The number of nitrogens with one attached hydrogen (secondary N) is 2. The van der Waals surface area contributed by atoms with Gasteiger partial charge in [-0.15, -0.1) is 12.3 Å². The van der Waals surface area contributed by atoms with Gasteiger partial charge in [-0.3, -0.25) is 4.79 Å². The van der Waals surface area contributed by atoms with Crippen molar-refractivity contribution in [3.63, 3.8) is 0 Å². The van der Waals surface area contributed by atoms with Gasteiger partial charge in [0.2, 0.25) is 0 Å². The zero-order valence-electron chi connectivity index (χ0n) is 13.3. The molecule has 0 fully saturated rings. The first-order valence-electron chi connectivity index (χ1n) is 7.85. The molecular formula is C18H24N2O3. The molecule has 3 N–H and O–H groups in total. The van der Waals surface area contributed by atoms with Crippen molar-refractivity contribution >= 4 is 12.0 Å². The summed E-state index contributed by atoms with van der Waals surface area (Å²) in [5.41, 5.74) is 1.07. The maximum Gasteiger partial charge on any atom is 0.315 e. The highest BCUT2D eigenvalue weighted by molar-refractivity contribution is 5.74. The number of unbranched alkanes of at least 4 members (excludes halogenated alkanes) is 2. The number of hydrogen-bond acceptors (Lipinski definition) is 2. The van der Waals surface area contributed by atoms with Gasteiger partial charge in [-0.25, -0.2) is 4.79 Å². The van der Waals surface area contributed by atoms with Crippen LogP contribution in [0.15, 0.2) is 30.3 Å². The van der Waals surface area contributed by atoms with Crippen molar-refractivity contribution in [1.29, 1.82) is 0 Å². The van der Waals surface area contributed by atoms with Crippen LogP contribution in [-0.2, 0) is 11.2 Å². The molecule has 23 heavy (non-hydrogen) atoms. The van der Waals surface area contributed by atoms with Crippen LogP contribution in [-0.4, -0.2) is 29.7 Å². The summed E-state index contributed by atoms with van der Waals surface area (Å²) in [7, 11) is 0. The third-order valence-corrected chi connectivity index (χ3v) is 3.40. The van der Waals surface area contributed by atoms with Crippen LogP contribution in [0.3, 0.4) is 0 Å². The van der Waals surface area contributed by atoms with Gasteiger partial charge < -0.3 is 15.7 Å². The second-order valence-electron chi connectivity index (χ2n) is 5.38. The Balaban J connectivity index is 2.43. The Morgan fingerprint density at radius 3 is 2.61 bits per heavy atom. The van der Waals surface area contributed by atoms with E-state index >= 15 is 0 Å². The normalized spacial score (nSPS) is 11.3. The maximum absolute atomic E-state index is 11.9. The Labute approximate surface area is 137 Å². The minimum Gasteiger partial charge on any atom is -0.481 e. The SMILES string of the molecule is C#CCCCCNC(=O)NC(CCC(=O)O)Cc1ccccc1. The van der Waals surface area contributed by atoms with E-state index in [1.165, 1.54) is 0 Å². The highest BCUT2D eigenvalue weighted by atomic mass is 16.4. The molecule has 5 nitrogen and oxygen atoms in total. The van der Waals surface area contributed by atoms with E-state index in [0.717, 1.165) is 18.4 Å². The lowest BCUT2D eigenvalue weighted by atomic mass is 10.0. The Morgan fingerprint density at radius 2 is 1.96 bits per heavy atom. The zero-order valence-corrected chi connectivity index (χ0v) is 13.3. The van der Waals surface area contributed by atoms with Gasteiger partial charge in [0.05, 0.1) is 0 Å². The van der Waals surface area contributed by atoms with Crippen molar-refractivity contribution in [2.24, 2.45) is 0 Å². The summed E-state index contributed by atoms with van der Waals surface area (Å²) in [6.45, 7) is 0.560. The van der Waals surface area contributed by atoms with Gasteiger partial charge in [0, 0.05) is 25.4 Å². The number of carbonyl (C=O) groups is 2. The molecule has 0 radical (unpaired) electrons. The van der Waals surface area contributed by atoms with Gasteiger partial charge >= 0.3 is 12.0 Å². The monoisotopic (exact) mass is 316 g/mol. The Kier molecular flexibility index (Phi) is 8.99. The quantitative estimate of drug-likeness (QED) is 0.458. The molecule has 0 saturated carbocycles. The van der Waals surface area contributed by atoms with Gasteiger partial charge in [-0.05, 0) is 31.2 Å². The standard InChI is InChI=1S/C18H24N2O3/c1-2-3-4-8-13-19-18(23)20-16(11-12-17(21)22)14-15-9-6-5-7-10-15/h1,5-7,9-10,16H,3-4,8,11-14H2,(H,21,22)(H2,19,20,23). The molecule has 0 spiro atoms. The number of rotatable bonds is 10. The molecule has 5 heteroatoms. The van der Waals surface area contributed by atoms with Gasteiger partial charge in [-0.2, -0.15) is 0 Å². The number of carboxylic acids is 1. The highest BCUT2D eigenvalue weighted by Gasteiger charge is 2.14. The lowest BCUT2D eigenvalue weighted by Gasteiger charge is -2.18. The van der Waals surface area contributed by atoms with Crippen LogP contribution in [0.4, 0.5) is 4.79 Å². The molecule has 0 heterocycles. The van der Waals surface area contributed by atoms with Gasteiger partial charge in [0.15, 0.2) is 0 Å². The van der Waals surface area contributed by atoms with E-state index in [9.17, 15) is 9.59 Å². The topological polar surface area (TPSA) is 78.4 Å². The molecular weight excluding hydrogens is 292 g/mol. The van der Waals surface area contributed by atoms with Crippen LogP contribution in [0.25, 0.3) is 0 Å². The molecule has 124 valence electrons. The molecule has 0 aliphatic carbocycles. The fourth-order valence-corrected chi connectivity index (χ4v) is 2.21. The molecule has 0 aliphatic heterocycles. The predicted octanol–water partition coefficient (Wildman–Crippen LogP) is 2.57. The molecule has 1 aromatic carbocycles. The smallest absolute Gasteiger partial charge is 0.315 e. The summed E-state index contributed by atoms with van der Waals surface area (Å²) in [4.78, 5) is 22.7. The van der Waals surface area contributed by atoms with Crippen LogP contribution in [0.2, 0.25) is 0 Å². The summed E-state index contributed by atoms with van der Waals surface area (Å²) >= 11 is 0. The molecule has 1 aromatic rings. The first-order valence-corrected chi connectivity index (χ1v) is 7.85. The minimum atomic E-state index is -0.862. The minimum absolute atomic E-state index is 0.0277. The van der Waals surface area contributed by atoms with Crippen LogP contribution in [0.1, 0.15) is 37.7 Å². The Morgan fingerprint density at radius 1 is 1.22 bits per heavy atom. The molecule has 0 aliphatic rings. The van der Waals surface area contributed by atoms with E-state index in [4.69, 9.17) is 11.5 Å². The Bertz CT molecular complexity index is 523. The molecule has 1 rings (SSSR count). The van der Waals surface area contributed by atoms with Crippen LogP contribution in [0.5, 0.6) is 0 Å². The van der Waals surface area contributed by atoms with Crippen LogP contribution >= 0.6 is 0 Å². The number of amides is 2. The molecule has 0 bridgehead atoms. The zero-order chi connectivity index (χ0) is 16.9. The second kappa shape index (κ2) is 11.1. The van der Waals surface area contributed by atoms with Crippen LogP contribution in [0, 0.1) is 12.3 Å². The van der Waals surface area contributed by atoms with E-state index in [0.29, 0.717) is 25.8 Å². The van der Waals surface area contributed by atoms with Crippen molar-refractivity contribution in [1.82, 2.24) is 10.6 Å². The number of aliphatic carboxylic acids is 1. The third kappa shape index (κ3) is 9.20. The number of hydrogen-bond donors (Lipinski definition) is 3. The second-order valence-corrected chi connectivity index (χ2v) is 5.38. The molecule has 0 aromatic heterocycles. The lowest BCUT2D eigenvalue weighted by molar-refractivity contribution is -0.137. The summed E-state index contributed by atoms with van der Waals surface area (Å²) in [5, 5.41) is 14.5. The van der Waals surface area contributed by atoms with E-state index in [2.05, 4.69) is 16.6 Å². The average Bonchev–Trinajstić information content (AvgIpc) is 2.53. The van der Waals surface area contributed by atoms with Crippen molar-refractivity contribution in [2.45, 2.75) is 44.6 Å². The molecule has 1 unspecified atom stereocenters. The van der Waals surface area contributed by atoms with E-state index in [1.807, 2.05) is 30.3 Å². The number of carbonyl (C=O) groups excluding carboxylic acids is 1. The number of benzene rings is 1. The van der Waals surface area contributed by atoms with Crippen molar-refractivity contribution in [2.75, 3.05) is 6.54 Å². The van der Waals surface area contributed by atoms with Crippen molar-refractivity contribution in [3.8, 4) is 12.3 Å². The molecule has 2 amide bonds. The van der Waals surface area contributed by atoms with E-state index < -0.39 is 5.97 Å². The molecule has 1 atom stereocenters. The average molecular weight is 316 g/mol. The first-order chi connectivity index (χ1) is 11.1. The number of terminal acetylenes is 1. The van der Waals surface area contributed by atoms with E-state index in [-0.39, 0.29) is 18.5 Å². The molecule has 0 saturated heterocycles. The summed E-state index contributed by atoms with van der Waals surface area (Å²) in [6, 6.07) is 9.23. The van der Waals surface area contributed by atoms with Crippen molar-refractivity contribution in [3.05, 3.63) is 35.9 Å². The fourth-order valence-electron chi connectivity index (χ4n) is 2.21. The van der Waals surface area contributed by atoms with Gasteiger partial charge in [0.25, 0.3) is 0 Å². The maximum atomic E-state index is 11.9. The summed E-state index contributed by atoms with van der Waals surface area (Å²) < 4.78 is 0. The van der Waals surface area contributed by atoms with Gasteiger partial charge in [0.1, 0.15) is 0 Å². The highest BCUT2D eigenvalue weighted by Crippen LogP contribution is 2.08. The van der Waals surface area contributed by atoms with E-state index in [1.54, 1.807) is 0 Å². The number of carboxylic acid groups (broad SMARTS) is 1. The summed E-state index contributed by atoms with van der Waals surface area (Å²) in [6.07, 6.45) is 8.62. The van der Waals surface area contributed by atoms with Gasteiger partial charge in [-0.1, -0.05) is 30.3 Å². The van der Waals surface area contributed by atoms with Crippen LogP contribution < -0.4 is 10.6 Å². The number of urea groups is 1.